The molecule has 0 bridgehead atoms. The fraction of sp³-hybridized carbons (Fsp3) is 0.800. The van der Waals surface area contributed by atoms with Crippen LogP contribution in [0, 0.1) is 5.41 Å². The predicted molar refractivity (Wildman–Crippen MR) is 95.0 cm³/mol. The minimum atomic E-state index is -0.438. The molecule has 0 radical (unpaired) electrons. The zero-order valence-electron chi connectivity index (χ0n) is 15.0. The highest BCUT2D eigenvalue weighted by atomic mass is 16.7. The van der Waals surface area contributed by atoms with E-state index in [-0.39, 0.29) is 5.41 Å². The third-order valence-corrected chi connectivity index (χ3v) is 4.47. The molecule has 0 amide bonds. The smallest absolute Gasteiger partial charge is 0.162 e. The molecule has 0 atom stereocenters. The van der Waals surface area contributed by atoms with Crippen LogP contribution in [0.5, 0.6) is 0 Å². The first-order valence-electron chi connectivity index (χ1n) is 9.07. The average molecular weight is 309 g/mol. The van der Waals surface area contributed by atoms with Crippen LogP contribution in [0.2, 0.25) is 0 Å². The van der Waals surface area contributed by atoms with Crippen molar-refractivity contribution in [2.24, 2.45) is 5.41 Å². The summed E-state index contributed by atoms with van der Waals surface area (Å²) >= 11 is 0. The molecule has 1 aliphatic heterocycles. The first-order chi connectivity index (χ1) is 10.5. The van der Waals surface area contributed by atoms with E-state index >= 15 is 0 Å². The Kier molecular flexibility index (Phi) is 9.04. The second-order valence-electron chi connectivity index (χ2n) is 7.20. The van der Waals surface area contributed by atoms with Gasteiger partial charge in [0.25, 0.3) is 0 Å². The topological polar surface area (TPSA) is 18.5 Å². The van der Waals surface area contributed by atoms with Gasteiger partial charge in [-0.2, -0.15) is 0 Å². The minimum Gasteiger partial charge on any atom is -0.350 e. The van der Waals surface area contributed by atoms with Crippen LogP contribution in [-0.2, 0) is 9.47 Å². The molecule has 0 saturated carbocycles. The van der Waals surface area contributed by atoms with E-state index in [1.807, 2.05) is 19.9 Å². The lowest BCUT2D eigenvalue weighted by Gasteiger charge is -2.42. The van der Waals surface area contributed by atoms with Gasteiger partial charge >= 0.3 is 0 Å². The fourth-order valence-electron chi connectivity index (χ4n) is 2.86. The molecule has 0 aromatic carbocycles. The van der Waals surface area contributed by atoms with Crippen LogP contribution in [0.15, 0.2) is 24.8 Å². The minimum absolute atomic E-state index is 0.0783. The van der Waals surface area contributed by atoms with Crippen molar-refractivity contribution >= 4 is 0 Å². The Hall–Kier alpha value is -0.600. The Morgan fingerprint density at radius 3 is 2.18 bits per heavy atom. The van der Waals surface area contributed by atoms with Gasteiger partial charge in [-0.15, -0.1) is 6.58 Å². The predicted octanol–water partition coefficient (Wildman–Crippen LogP) is 6.03. The van der Waals surface area contributed by atoms with Gasteiger partial charge < -0.3 is 9.47 Å². The lowest BCUT2D eigenvalue weighted by molar-refractivity contribution is -0.284. The number of unbranched alkanes of at least 4 members (excludes halogenated alkanes) is 6. The summed E-state index contributed by atoms with van der Waals surface area (Å²) < 4.78 is 11.7. The normalized spacial score (nSPS) is 20.3. The molecule has 1 heterocycles. The average Bonchev–Trinajstić information content (AvgIpc) is 2.49. The first kappa shape index (κ1) is 19.4. The Balaban J connectivity index is 2.24. The summed E-state index contributed by atoms with van der Waals surface area (Å²) in [7, 11) is 0. The van der Waals surface area contributed by atoms with E-state index in [1.54, 1.807) is 0 Å². The zero-order valence-corrected chi connectivity index (χ0v) is 15.0. The van der Waals surface area contributed by atoms with Gasteiger partial charge in [0.2, 0.25) is 0 Å². The molecule has 0 aliphatic carbocycles. The van der Waals surface area contributed by atoms with Gasteiger partial charge in [0.05, 0.1) is 13.2 Å². The second kappa shape index (κ2) is 10.2. The van der Waals surface area contributed by atoms with Crippen molar-refractivity contribution in [1.29, 1.82) is 0 Å². The Labute approximate surface area is 138 Å². The number of ether oxygens (including phenoxy) is 2. The summed E-state index contributed by atoms with van der Waals surface area (Å²) in [5.74, 6) is -0.438. The van der Waals surface area contributed by atoms with Gasteiger partial charge in [0.15, 0.2) is 5.79 Å². The van der Waals surface area contributed by atoms with Crippen molar-refractivity contribution in [3.8, 4) is 0 Å². The molecule has 1 aliphatic rings. The molecule has 22 heavy (non-hydrogen) atoms. The van der Waals surface area contributed by atoms with Gasteiger partial charge in [-0.05, 0) is 39.5 Å². The lowest BCUT2D eigenvalue weighted by atomic mass is 9.81. The van der Waals surface area contributed by atoms with Crippen molar-refractivity contribution in [2.75, 3.05) is 13.2 Å². The molecule has 0 unspecified atom stereocenters. The molecule has 1 rings (SSSR count). The second-order valence-corrected chi connectivity index (χ2v) is 7.20. The third kappa shape index (κ3) is 7.60. The first-order valence-corrected chi connectivity index (χ1v) is 9.07. The van der Waals surface area contributed by atoms with Crippen LogP contribution in [-0.4, -0.2) is 19.0 Å². The summed E-state index contributed by atoms with van der Waals surface area (Å²) in [5.41, 5.74) is 0.0783. The van der Waals surface area contributed by atoms with Crippen LogP contribution in [0.4, 0.5) is 0 Å². The SMILES string of the molecule is C=CCC1(C/C=C/CCCCCCCC)COC(C)(C)OC1. The quantitative estimate of drug-likeness (QED) is 0.343. The van der Waals surface area contributed by atoms with Gasteiger partial charge in [-0.3, -0.25) is 0 Å². The summed E-state index contributed by atoms with van der Waals surface area (Å²) in [4.78, 5) is 0. The monoisotopic (exact) mass is 308 g/mol. The molecular weight excluding hydrogens is 272 g/mol. The van der Waals surface area contributed by atoms with Crippen LogP contribution in [0.3, 0.4) is 0 Å². The molecule has 0 aromatic heterocycles. The molecule has 1 fully saturated rings. The highest BCUT2D eigenvalue weighted by molar-refractivity contribution is 4.96. The molecular formula is C20H36O2. The fourth-order valence-corrected chi connectivity index (χ4v) is 2.86. The largest absolute Gasteiger partial charge is 0.350 e. The maximum Gasteiger partial charge on any atom is 0.162 e. The standard InChI is InChI=1S/C20H36O2/c1-5-7-8-9-10-11-12-13-14-16-20(15-6-2)17-21-19(3,4)22-18-20/h6,13-14H,2,5,7-12,15-18H2,1,3-4H3/b14-13+. The van der Waals surface area contributed by atoms with Crippen LogP contribution in [0.25, 0.3) is 0 Å². The molecule has 2 heteroatoms. The maximum atomic E-state index is 5.86. The van der Waals surface area contributed by atoms with Gasteiger partial charge in [0.1, 0.15) is 0 Å². The van der Waals surface area contributed by atoms with E-state index in [0.29, 0.717) is 0 Å². The van der Waals surface area contributed by atoms with Crippen LogP contribution >= 0.6 is 0 Å². The van der Waals surface area contributed by atoms with E-state index in [4.69, 9.17) is 9.47 Å². The number of rotatable bonds is 11. The van der Waals surface area contributed by atoms with E-state index < -0.39 is 5.79 Å². The van der Waals surface area contributed by atoms with Crippen molar-refractivity contribution < 1.29 is 9.47 Å². The van der Waals surface area contributed by atoms with Gasteiger partial charge in [0, 0.05) is 5.41 Å². The van der Waals surface area contributed by atoms with Gasteiger partial charge in [-0.1, -0.05) is 57.3 Å². The zero-order chi connectivity index (χ0) is 16.3. The summed E-state index contributed by atoms with van der Waals surface area (Å²) in [6.45, 7) is 11.6. The van der Waals surface area contributed by atoms with E-state index in [9.17, 15) is 0 Å². The maximum absolute atomic E-state index is 5.86. The molecule has 2 nitrogen and oxygen atoms in total. The Bertz CT molecular complexity index is 321. The molecule has 1 saturated heterocycles. The summed E-state index contributed by atoms with van der Waals surface area (Å²) in [5, 5.41) is 0. The Morgan fingerprint density at radius 2 is 1.55 bits per heavy atom. The summed E-state index contributed by atoms with van der Waals surface area (Å²) in [6.07, 6.45) is 18.0. The Morgan fingerprint density at radius 1 is 0.909 bits per heavy atom. The van der Waals surface area contributed by atoms with Crippen molar-refractivity contribution in [2.45, 2.75) is 84.3 Å². The molecule has 128 valence electrons. The molecule has 0 N–H and O–H groups in total. The van der Waals surface area contributed by atoms with Crippen molar-refractivity contribution in [1.82, 2.24) is 0 Å². The lowest BCUT2D eigenvalue weighted by Crippen LogP contribution is -2.46. The third-order valence-electron chi connectivity index (χ3n) is 4.47. The number of allylic oxidation sites excluding steroid dienone is 3. The summed E-state index contributed by atoms with van der Waals surface area (Å²) in [6, 6.07) is 0. The highest BCUT2D eigenvalue weighted by Crippen LogP contribution is 2.36. The highest BCUT2D eigenvalue weighted by Gasteiger charge is 2.38. The van der Waals surface area contributed by atoms with Crippen LogP contribution < -0.4 is 0 Å². The van der Waals surface area contributed by atoms with E-state index in [0.717, 1.165) is 26.1 Å². The molecule has 0 aromatic rings. The van der Waals surface area contributed by atoms with E-state index in [1.165, 1.54) is 44.9 Å². The molecule has 0 spiro atoms. The van der Waals surface area contributed by atoms with Gasteiger partial charge in [-0.25, -0.2) is 0 Å². The van der Waals surface area contributed by atoms with E-state index in [2.05, 4.69) is 25.7 Å². The number of hydrogen-bond donors (Lipinski definition) is 0. The van der Waals surface area contributed by atoms with Crippen molar-refractivity contribution in [3.63, 3.8) is 0 Å². The van der Waals surface area contributed by atoms with Crippen molar-refractivity contribution in [3.05, 3.63) is 24.8 Å². The van der Waals surface area contributed by atoms with Crippen LogP contribution in [0.1, 0.15) is 78.6 Å². The number of hydrogen-bond acceptors (Lipinski definition) is 2.